The van der Waals surface area contributed by atoms with Crippen LogP contribution in [-0.4, -0.2) is 43.7 Å². The summed E-state index contributed by atoms with van der Waals surface area (Å²) in [6, 6.07) is 3.88. The summed E-state index contributed by atoms with van der Waals surface area (Å²) in [7, 11) is 1.58. The Kier molecular flexibility index (Phi) is 13.1. The Morgan fingerprint density at radius 3 is 2.24 bits per heavy atom. The number of aromatic nitrogens is 5. The summed E-state index contributed by atoms with van der Waals surface area (Å²) in [6.45, 7) is 16.1. The second kappa shape index (κ2) is 17.0. The SMILES string of the molecule is C/C=C(\C=C(/C=CC1CC1)c1ncc(CC)cc1C)C(C)(F)F.C=C(C)C(=O)c1cc(C2CC2)nc(-c2c(OC)ncnc2C2CC2)n1.CC. The van der Waals surface area contributed by atoms with Crippen LogP contribution in [-0.2, 0) is 6.42 Å². The lowest BCUT2D eigenvalue weighted by Crippen LogP contribution is -2.12. The van der Waals surface area contributed by atoms with Gasteiger partial charge in [0.05, 0.1) is 18.5 Å². The summed E-state index contributed by atoms with van der Waals surface area (Å²) in [5.74, 6) is -0.699. The molecule has 0 amide bonds. The van der Waals surface area contributed by atoms with Gasteiger partial charge in [-0.15, -0.1) is 0 Å². The summed E-state index contributed by atoms with van der Waals surface area (Å²) >= 11 is 0. The summed E-state index contributed by atoms with van der Waals surface area (Å²) in [5.41, 5.74) is 7.11. The molecule has 0 aliphatic heterocycles. The predicted octanol–water partition coefficient (Wildman–Crippen LogP) is 10.4. The number of carbonyl (C=O) groups excluding carboxylic acids is 1. The Morgan fingerprint density at radius 1 is 1.04 bits per heavy atom. The third-order valence-corrected chi connectivity index (χ3v) is 8.70. The highest BCUT2D eigenvalue weighted by atomic mass is 19.3. The fraction of sp³-hybridized carbons (Fsp3) is 0.463. The molecule has 3 fully saturated rings. The molecule has 3 aromatic rings. The summed E-state index contributed by atoms with van der Waals surface area (Å²) < 4.78 is 32.9. The van der Waals surface area contributed by atoms with Crippen molar-refractivity contribution in [3.63, 3.8) is 0 Å². The van der Waals surface area contributed by atoms with Crippen molar-refractivity contribution in [2.75, 3.05) is 7.11 Å². The van der Waals surface area contributed by atoms with E-state index >= 15 is 0 Å². The van der Waals surface area contributed by atoms with Crippen LogP contribution >= 0.6 is 0 Å². The summed E-state index contributed by atoms with van der Waals surface area (Å²) in [4.78, 5) is 34.9. The second-order valence-corrected chi connectivity index (χ2v) is 13.1. The van der Waals surface area contributed by atoms with E-state index in [1.165, 1.54) is 25.2 Å². The van der Waals surface area contributed by atoms with Crippen LogP contribution in [0.25, 0.3) is 17.0 Å². The fourth-order valence-corrected chi connectivity index (χ4v) is 5.40. The Morgan fingerprint density at radius 2 is 1.72 bits per heavy atom. The molecule has 50 heavy (non-hydrogen) atoms. The molecule has 0 bridgehead atoms. The first-order valence-electron chi connectivity index (χ1n) is 17.8. The van der Waals surface area contributed by atoms with Crippen LogP contribution in [0.3, 0.4) is 0 Å². The number of rotatable bonds is 12. The van der Waals surface area contributed by atoms with Crippen molar-refractivity contribution < 1.29 is 18.3 Å². The number of ketones is 1. The minimum atomic E-state index is -2.86. The highest BCUT2D eigenvalue weighted by molar-refractivity contribution is 6.06. The molecule has 0 saturated heterocycles. The smallest absolute Gasteiger partial charge is 0.270 e. The monoisotopic (exact) mass is 683 g/mol. The van der Waals surface area contributed by atoms with Gasteiger partial charge >= 0.3 is 0 Å². The van der Waals surface area contributed by atoms with E-state index in [1.807, 2.05) is 33.0 Å². The van der Waals surface area contributed by atoms with Gasteiger partial charge in [-0.05, 0) is 100 Å². The standard InChI is InChI=1S/C20H25F2N.C19H20N4O2.C2H6/c1-5-15-11-14(3)19(23-13-15)17(10-9-16-7-8-16)12-18(6-2)20(4,21)22;1-10(2)17(24)14-8-13(11-4-5-11)22-18(23-14)15-16(12-6-7-12)20-9-21-19(15)25-3;1-2/h6,9-13,16H,5,7-8H2,1-4H3;8-9,11-12H,1,4-7H2,2-3H3;1-2H3/b10-9?,17-12+,18-6+;;. The number of ether oxygens (including phenoxy) is 1. The van der Waals surface area contributed by atoms with Gasteiger partial charge in [-0.3, -0.25) is 9.78 Å². The first kappa shape index (κ1) is 38.4. The quantitative estimate of drug-likeness (QED) is 0.107. The number of hydrogen-bond donors (Lipinski definition) is 0. The maximum absolute atomic E-state index is 13.7. The minimum absolute atomic E-state index is 0.0220. The average Bonchev–Trinajstić information content (AvgIpc) is 3.94. The first-order valence-corrected chi connectivity index (χ1v) is 17.8. The topological polar surface area (TPSA) is 90.8 Å². The van der Waals surface area contributed by atoms with Crippen LogP contribution in [0.5, 0.6) is 5.88 Å². The van der Waals surface area contributed by atoms with Crippen molar-refractivity contribution in [3.05, 3.63) is 101 Å². The number of aryl methyl sites for hydroxylation is 2. The number of nitrogens with zero attached hydrogens (tertiary/aromatic N) is 5. The Balaban J connectivity index is 0.000000215. The minimum Gasteiger partial charge on any atom is -0.480 e. The number of Topliss-reactive ketones (excluding diaryl/α,β-unsaturated/α-hetero) is 1. The van der Waals surface area contributed by atoms with Crippen LogP contribution in [0.2, 0.25) is 0 Å². The van der Waals surface area contributed by atoms with Gasteiger partial charge in [0.2, 0.25) is 11.7 Å². The highest BCUT2D eigenvalue weighted by Crippen LogP contribution is 2.46. The molecule has 9 heteroatoms. The fourth-order valence-electron chi connectivity index (χ4n) is 5.40. The van der Waals surface area contributed by atoms with Gasteiger partial charge in [0.1, 0.15) is 17.6 Å². The molecule has 0 atom stereocenters. The number of halogens is 2. The van der Waals surface area contributed by atoms with Gasteiger partial charge < -0.3 is 4.74 Å². The molecule has 3 heterocycles. The Bertz CT molecular complexity index is 1780. The second-order valence-electron chi connectivity index (χ2n) is 13.1. The highest BCUT2D eigenvalue weighted by Gasteiger charge is 2.33. The number of carbonyl (C=O) groups is 1. The zero-order valence-electron chi connectivity index (χ0n) is 30.8. The number of pyridine rings is 1. The molecule has 266 valence electrons. The molecule has 3 aliphatic carbocycles. The average molecular weight is 684 g/mol. The molecule has 7 nitrogen and oxygen atoms in total. The third kappa shape index (κ3) is 10.1. The summed E-state index contributed by atoms with van der Waals surface area (Å²) in [6.07, 6.45) is 18.1. The Labute approximate surface area is 296 Å². The normalized spacial score (nSPS) is 16.3. The zero-order chi connectivity index (χ0) is 36.6. The van der Waals surface area contributed by atoms with E-state index < -0.39 is 5.92 Å². The van der Waals surface area contributed by atoms with Gasteiger partial charge in [-0.25, -0.2) is 28.7 Å². The van der Waals surface area contributed by atoms with E-state index in [9.17, 15) is 13.6 Å². The van der Waals surface area contributed by atoms with E-state index in [2.05, 4.69) is 45.6 Å². The van der Waals surface area contributed by atoms with Crippen LogP contribution in [0.1, 0.15) is 131 Å². The molecule has 3 aliphatic rings. The molecule has 6 rings (SSSR count). The number of allylic oxidation sites excluding steroid dienone is 7. The maximum atomic E-state index is 13.7. The van der Waals surface area contributed by atoms with Crippen LogP contribution in [0.15, 0.2) is 66.7 Å². The lowest BCUT2D eigenvalue weighted by atomic mass is 9.99. The van der Waals surface area contributed by atoms with Gasteiger partial charge in [0.25, 0.3) is 5.92 Å². The predicted molar refractivity (Wildman–Crippen MR) is 197 cm³/mol. The molecule has 0 spiro atoms. The molecule has 3 aromatic heterocycles. The number of methoxy groups -OCH3 is 1. The van der Waals surface area contributed by atoms with Crippen molar-refractivity contribution in [1.82, 2.24) is 24.9 Å². The van der Waals surface area contributed by atoms with Crippen molar-refractivity contribution in [1.29, 1.82) is 0 Å². The molecule has 0 aromatic carbocycles. The molecule has 0 unspecified atom stereocenters. The van der Waals surface area contributed by atoms with Crippen molar-refractivity contribution in [2.45, 2.75) is 111 Å². The van der Waals surface area contributed by atoms with Crippen LogP contribution < -0.4 is 4.74 Å². The molecular weight excluding hydrogens is 632 g/mol. The lowest BCUT2D eigenvalue weighted by Gasteiger charge is -2.14. The van der Waals surface area contributed by atoms with Crippen LogP contribution in [0.4, 0.5) is 8.78 Å². The number of hydrogen-bond acceptors (Lipinski definition) is 7. The molecule has 0 radical (unpaired) electrons. The zero-order valence-corrected chi connectivity index (χ0v) is 30.8. The Hall–Kier alpha value is -4.40. The van der Waals surface area contributed by atoms with Gasteiger partial charge in [0.15, 0.2) is 5.82 Å². The largest absolute Gasteiger partial charge is 0.480 e. The maximum Gasteiger partial charge on any atom is 0.270 e. The van der Waals surface area contributed by atoms with Gasteiger partial charge in [-0.2, -0.15) is 0 Å². The van der Waals surface area contributed by atoms with E-state index in [0.29, 0.717) is 46.3 Å². The van der Waals surface area contributed by atoms with E-state index in [-0.39, 0.29) is 11.4 Å². The number of alkyl halides is 2. The lowest BCUT2D eigenvalue weighted by molar-refractivity contribution is 0.0674. The van der Waals surface area contributed by atoms with Crippen LogP contribution in [0, 0.1) is 12.8 Å². The van der Waals surface area contributed by atoms with Gasteiger partial charge in [0, 0.05) is 41.8 Å². The van der Waals surface area contributed by atoms with Crippen molar-refractivity contribution in [2.24, 2.45) is 5.92 Å². The third-order valence-electron chi connectivity index (χ3n) is 8.70. The molecule has 3 saturated carbocycles. The van der Waals surface area contributed by atoms with E-state index in [4.69, 9.17) is 9.72 Å². The van der Waals surface area contributed by atoms with Gasteiger partial charge in [-0.1, -0.05) is 51.6 Å². The molecule has 0 N–H and O–H groups in total. The molecular formula is C41H51F2N5O2. The summed E-state index contributed by atoms with van der Waals surface area (Å²) in [5, 5.41) is 0. The van der Waals surface area contributed by atoms with Crippen molar-refractivity contribution in [3.8, 4) is 17.3 Å². The van der Waals surface area contributed by atoms with E-state index in [0.717, 1.165) is 72.8 Å². The first-order chi connectivity index (χ1) is 23.9. The van der Waals surface area contributed by atoms with Crippen molar-refractivity contribution >= 4 is 11.4 Å². The van der Waals surface area contributed by atoms with E-state index in [1.54, 1.807) is 33.1 Å².